The van der Waals surface area contributed by atoms with E-state index in [1.807, 2.05) is 12.1 Å². The van der Waals surface area contributed by atoms with Crippen LogP contribution >= 0.6 is 27.5 Å². The lowest BCUT2D eigenvalue weighted by Crippen LogP contribution is -2.18. The zero-order chi connectivity index (χ0) is 13.8. The van der Waals surface area contributed by atoms with Crippen molar-refractivity contribution in [2.24, 2.45) is 0 Å². The van der Waals surface area contributed by atoms with Crippen LogP contribution in [-0.2, 0) is 6.54 Å². The molecular weight excluding hydrogens is 322 g/mol. The molecule has 1 nitrogen and oxygen atoms in total. The van der Waals surface area contributed by atoms with Crippen LogP contribution in [0.5, 0.6) is 0 Å². The molecule has 0 aliphatic rings. The van der Waals surface area contributed by atoms with Crippen molar-refractivity contribution >= 4 is 27.5 Å². The van der Waals surface area contributed by atoms with Crippen LogP contribution in [0, 0.1) is 6.92 Å². The van der Waals surface area contributed by atoms with Gasteiger partial charge in [-0.2, -0.15) is 0 Å². The summed E-state index contributed by atoms with van der Waals surface area (Å²) in [5.41, 5.74) is 3.68. The van der Waals surface area contributed by atoms with Gasteiger partial charge in [0.25, 0.3) is 0 Å². The third-order valence-corrected chi connectivity index (χ3v) is 4.05. The lowest BCUT2D eigenvalue weighted by atomic mass is 10.1. The molecule has 0 aromatic heterocycles. The summed E-state index contributed by atoms with van der Waals surface area (Å²) in [7, 11) is 0. The summed E-state index contributed by atoms with van der Waals surface area (Å²) < 4.78 is 1.05. The molecule has 2 rings (SSSR count). The maximum atomic E-state index is 6.19. The Hall–Kier alpha value is -0.830. The minimum atomic E-state index is 0.302. The number of halogens is 2. The molecule has 0 amide bonds. The molecule has 3 heteroatoms. The van der Waals surface area contributed by atoms with E-state index in [1.165, 1.54) is 11.1 Å². The molecule has 100 valence electrons. The maximum Gasteiger partial charge on any atom is 0.0451 e. The summed E-state index contributed by atoms with van der Waals surface area (Å²) in [6.45, 7) is 5.02. The summed E-state index contributed by atoms with van der Waals surface area (Å²) in [4.78, 5) is 0. The van der Waals surface area contributed by atoms with E-state index in [9.17, 15) is 0 Å². The Bertz CT molecular complexity index is 551. The SMILES string of the molecule is Cc1ccc([C@@H](C)NCc2cc(Br)ccc2Cl)cc1. The Morgan fingerprint density at radius 1 is 1.16 bits per heavy atom. The molecule has 0 saturated heterocycles. The first kappa shape index (κ1) is 14.6. The summed E-state index contributed by atoms with van der Waals surface area (Å²) in [5, 5.41) is 4.30. The number of hydrogen-bond donors (Lipinski definition) is 1. The predicted octanol–water partition coefficient (Wildman–Crippen LogP) is 5.26. The average molecular weight is 339 g/mol. The minimum Gasteiger partial charge on any atom is -0.306 e. The van der Waals surface area contributed by atoms with Crippen molar-refractivity contribution in [1.82, 2.24) is 5.32 Å². The topological polar surface area (TPSA) is 12.0 Å². The van der Waals surface area contributed by atoms with Crippen LogP contribution in [0.3, 0.4) is 0 Å². The number of hydrogen-bond acceptors (Lipinski definition) is 1. The van der Waals surface area contributed by atoms with Crippen LogP contribution in [0.15, 0.2) is 46.9 Å². The van der Waals surface area contributed by atoms with Crippen molar-refractivity contribution in [2.75, 3.05) is 0 Å². The van der Waals surface area contributed by atoms with Crippen molar-refractivity contribution in [3.8, 4) is 0 Å². The Labute approximate surface area is 128 Å². The van der Waals surface area contributed by atoms with Crippen molar-refractivity contribution in [2.45, 2.75) is 26.4 Å². The Balaban J connectivity index is 2.02. The van der Waals surface area contributed by atoms with Gasteiger partial charge in [-0.25, -0.2) is 0 Å². The lowest BCUT2D eigenvalue weighted by molar-refractivity contribution is 0.574. The molecule has 0 unspecified atom stereocenters. The van der Waals surface area contributed by atoms with Gasteiger partial charge in [0.15, 0.2) is 0 Å². The fourth-order valence-corrected chi connectivity index (χ4v) is 2.51. The molecule has 0 fully saturated rings. The molecular formula is C16H17BrClN. The molecule has 0 heterocycles. The van der Waals surface area contributed by atoms with E-state index < -0.39 is 0 Å². The van der Waals surface area contributed by atoms with E-state index >= 15 is 0 Å². The lowest BCUT2D eigenvalue weighted by Gasteiger charge is -2.15. The Morgan fingerprint density at radius 3 is 2.53 bits per heavy atom. The quantitative estimate of drug-likeness (QED) is 0.801. The monoisotopic (exact) mass is 337 g/mol. The molecule has 0 spiro atoms. The van der Waals surface area contributed by atoms with Gasteiger partial charge in [-0.3, -0.25) is 0 Å². The molecule has 0 aliphatic carbocycles. The highest BCUT2D eigenvalue weighted by atomic mass is 79.9. The fraction of sp³-hybridized carbons (Fsp3) is 0.250. The van der Waals surface area contributed by atoms with Gasteiger partial charge >= 0.3 is 0 Å². The second-order valence-electron chi connectivity index (χ2n) is 4.75. The minimum absolute atomic E-state index is 0.302. The van der Waals surface area contributed by atoms with Crippen LogP contribution < -0.4 is 5.32 Å². The summed E-state index contributed by atoms with van der Waals surface area (Å²) >= 11 is 9.66. The fourth-order valence-electron chi connectivity index (χ4n) is 1.91. The Morgan fingerprint density at radius 2 is 1.84 bits per heavy atom. The smallest absolute Gasteiger partial charge is 0.0451 e. The zero-order valence-electron chi connectivity index (χ0n) is 11.1. The number of benzene rings is 2. The highest BCUT2D eigenvalue weighted by molar-refractivity contribution is 9.10. The highest BCUT2D eigenvalue weighted by Gasteiger charge is 2.06. The average Bonchev–Trinajstić information content (AvgIpc) is 2.40. The largest absolute Gasteiger partial charge is 0.306 e. The van der Waals surface area contributed by atoms with E-state index in [4.69, 9.17) is 11.6 Å². The van der Waals surface area contributed by atoms with Crippen LogP contribution in [0.25, 0.3) is 0 Å². The predicted molar refractivity (Wildman–Crippen MR) is 85.6 cm³/mol. The third-order valence-electron chi connectivity index (χ3n) is 3.18. The van der Waals surface area contributed by atoms with Gasteiger partial charge in [-0.15, -0.1) is 0 Å². The number of rotatable bonds is 4. The molecule has 0 bridgehead atoms. The zero-order valence-corrected chi connectivity index (χ0v) is 13.4. The third kappa shape index (κ3) is 4.07. The normalized spacial score (nSPS) is 12.4. The van der Waals surface area contributed by atoms with Gasteiger partial charge in [0, 0.05) is 22.1 Å². The van der Waals surface area contributed by atoms with Crippen molar-refractivity contribution in [3.63, 3.8) is 0 Å². The highest BCUT2D eigenvalue weighted by Crippen LogP contribution is 2.22. The van der Waals surface area contributed by atoms with Gasteiger partial charge in [-0.05, 0) is 43.2 Å². The van der Waals surface area contributed by atoms with E-state index in [-0.39, 0.29) is 0 Å². The van der Waals surface area contributed by atoms with E-state index in [0.29, 0.717) is 6.04 Å². The van der Waals surface area contributed by atoms with Gasteiger partial charge in [0.2, 0.25) is 0 Å². The molecule has 2 aromatic rings. The molecule has 1 atom stereocenters. The van der Waals surface area contributed by atoms with Gasteiger partial charge in [0.1, 0.15) is 0 Å². The van der Waals surface area contributed by atoms with Gasteiger partial charge < -0.3 is 5.32 Å². The summed E-state index contributed by atoms with van der Waals surface area (Å²) in [5.74, 6) is 0. The van der Waals surface area contributed by atoms with Crippen LogP contribution in [0.2, 0.25) is 5.02 Å². The first-order chi connectivity index (χ1) is 9.06. The van der Waals surface area contributed by atoms with E-state index in [0.717, 1.165) is 21.6 Å². The van der Waals surface area contributed by atoms with Gasteiger partial charge in [-0.1, -0.05) is 57.4 Å². The molecule has 19 heavy (non-hydrogen) atoms. The first-order valence-electron chi connectivity index (χ1n) is 6.30. The number of nitrogens with one attached hydrogen (secondary N) is 1. The standard InChI is InChI=1S/C16H17BrClN/c1-11-3-5-13(6-4-11)12(2)19-10-14-9-15(17)7-8-16(14)18/h3-9,12,19H,10H2,1-2H3/t12-/m1/s1. The first-order valence-corrected chi connectivity index (χ1v) is 7.47. The molecule has 0 saturated carbocycles. The maximum absolute atomic E-state index is 6.19. The van der Waals surface area contributed by atoms with Crippen molar-refractivity contribution in [1.29, 1.82) is 0 Å². The molecule has 0 radical (unpaired) electrons. The summed E-state index contributed by atoms with van der Waals surface area (Å²) in [6, 6.07) is 14.8. The van der Waals surface area contributed by atoms with Crippen LogP contribution in [0.1, 0.15) is 29.7 Å². The Kier molecular flexibility index (Phi) is 5.03. The second kappa shape index (κ2) is 6.56. The molecule has 0 aliphatic heterocycles. The summed E-state index contributed by atoms with van der Waals surface area (Å²) in [6.07, 6.45) is 0. The van der Waals surface area contributed by atoms with Crippen molar-refractivity contribution < 1.29 is 0 Å². The van der Waals surface area contributed by atoms with Crippen LogP contribution in [-0.4, -0.2) is 0 Å². The number of aryl methyl sites for hydroxylation is 1. The second-order valence-corrected chi connectivity index (χ2v) is 6.07. The van der Waals surface area contributed by atoms with Crippen LogP contribution in [0.4, 0.5) is 0 Å². The van der Waals surface area contributed by atoms with Crippen molar-refractivity contribution in [3.05, 3.63) is 68.7 Å². The van der Waals surface area contributed by atoms with Gasteiger partial charge in [0.05, 0.1) is 0 Å². The molecule has 2 aromatic carbocycles. The van der Waals surface area contributed by atoms with E-state index in [1.54, 1.807) is 0 Å². The van der Waals surface area contributed by atoms with E-state index in [2.05, 4.69) is 65.4 Å². The molecule has 1 N–H and O–H groups in total.